The summed E-state index contributed by atoms with van der Waals surface area (Å²) in [5.41, 5.74) is 5.92. The Morgan fingerprint density at radius 2 is 1.95 bits per heavy atom. The lowest BCUT2D eigenvalue weighted by Gasteiger charge is -2.09. The van der Waals surface area contributed by atoms with E-state index in [0.29, 0.717) is 17.0 Å². The molecule has 2 rings (SSSR count). The number of alkyl halides is 3. The monoisotopic (exact) mass is 271 g/mol. The standard InChI is InChI=1S/C11H12F3N5/c1-5-3-7(4-15)17-18-9(5)8-6(2)16-19-10(8)11(12,13)14/h3H,4,15H2,1-2H3,(H,16,19). The van der Waals surface area contributed by atoms with Gasteiger partial charge in [-0.2, -0.15) is 23.4 Å². The molecule has 3 N–H and O–H groups in total. The summed E-state index contributed by atoms with van der Waals surface area (Å²) >= 11 is 0. The number of nitrogens with one attached hydrogen (secondary N) is 1. The predicted octanol–water partition coefficient (Wildman–Crippen LogP) is 1.96. The Labute approximate surface area is 107 Å². The van der Waals surface area contributed by atoms with Crippen molar-refractivity contribution in [3.8, 4) is 11.3 Å². The van der Waals surface area contributed by atoms with Gasteiger partial charge in [0.2, 0.25) is 0 Å². The van der Waals surface area contributed by atoms with Crippen LogP contribution in [0.5, 0.6) is 0 Å². The Morgan fingerprint density at radius 1 is 1.26 bits per heavy atom. The first-order valence-electron chi connectivity index (χ1n) is 5.50. The van der Waals surface area contributed by atoms with E-state index in [1.165, 1.54) is 6.92 Å². The van der Waals surface area contributed by atoms with Crippen LogP contribution in [0, 0.1) is 13.8 Å². The molecular formula is C11H12F3N5. The van der Waals surface area contributed by atoms with Gasteiger partial charge in [-0.15, -0.1) is 5.10 Å². The number of hydrogen-bond acceptors (Lipinski definition) is 4. The van der Waals surface area contributed by atoms with Crippen molar-refractivity contribution in [2.75, 3.05) is 0 Å². The molecule has 0 bridgehead atoms. The molecule has 0 fully saturated rings. The van der Waals surface area contributed by atoms with E-state index in [1.54, 1.807) is 13.0 Å². The lowest BCUT2D eigenvalue weighted by atomic mass is 10.0. The number of aromatic nitrogens is 4. The van der Waals surface area contributed by atoms with E-state index in [2.05, 4.69) is 20.4 Å². The molecule has 0 aromatic carbocycles. The van der Waals surface area contributed by atoms with Crippen molar-refractivity contribution in [1.29, 1.82) is 0 Å². The second-order valence-corrected chi connectivity index (χ2v) is 4.14. The number of H-pyrrole nitrogens is 1. The SMILES string of the molecule is Cc1cc(CN)nnc1-c1c(C(F)(F)F)n[nH]c1C. The highest BCUT2D eigenvalue weighted by Crippen LogP contribution is 2.37. The first-order chi connectivity index (χ1) is 8.84. The Kier molecular flexibility index (Phi) is 3.27. The van der Waals surface area contributed by atoms with Crippen molar-refractivity contribution in [2.24, 2.45) is 5.73 Å². The van der Waals surface area contributed by atoms with E-state index in [-0.39, 0.29) is 17.8 Å². The minimum Gasteiger partial charge on any atom is -0.325 e. The van der Waals surface area contributed by atoms with Gasteiger partial charge in [-0.3, -0.25) is 5.10 Å². The molecule has 5 nitrogen and oxygen atoms in total. The molecular weight excluding hydrogens is 259 g/mol. The number of halogens is 3. The van der Waals surface area contributed by atoms with Crippen molar-refractivity contribution >= 4 is 0 Å². The molecule has 0 atom stereocenters. The average molecular weight is 271 g/mol. The number of nitrogens with two attached hydrogens (primary N) is 1. The van der Waals surface area contributed by atoms with Crippen LogP contribution in [0.25, 0.3) is 11.3 Å². The van der Waals surface area contributed by atoms with Gasteiger partial charge >= 0.3 is 6.18 Å². The van der Waals surface area contributed by atoms with Crippen molar-refractivity contribution in [2.45, 2.75) is 26.6 Å². The Bertz CT molecular complexity index is 603. The summed E-state index contributed by atoms with van der Waals surface area (Å²) in [4.78, 5) is 0. The summed E-state index contributed by atoms with van der Waals surface area (Å²) < 4.78 is 38.6. The zero-order valence-corrected chi connectivity index (χ0v) is 10.3. The van der Waals surface area contributed by atoms with E-state index in [9.17, 15) is 13.2 Å². The first kappa shape index (κ1) is 13.5. The van der Waals surface area contributed by atoms with E-state index in [0.717, 1.165) is 0 Å². The minimum absolute atomic E-state index is 0.0685. The zero-order valence-electron chi connectivity index (χ0n) is 10.3. The number of nitrogens with zero attached hydrogens (tertiary/aromatic N) is 3. The van der Waals surface area contributed by atoms with Crippen molar-refractivity contribution in [3.05, 3.63) is 28.7 Å². The van der Waals surface area contributed by atoms with Crippen molar-refractivity contribution in [3.63, 3.8) is 0 Å². The quantitative estimate of drug-likeness (QED) is 0.875. The molecule has 0 saturated carbocycles. The fourth-order valence-electron chi connectivity index (χ4n) is 1.81. The maximum absolute atomic E-state index is 12.9. The van der Waals surface area contributed by atoms with Gasteiger partial charge in [0.1, 0.15) is 0 Å². The summed E-state index contributed by atoms with van der Waals surface area (Å²) in [6, 6.07) is 1.62. The molecule has 0 aliphatic carbocycles. The molecule has 0 amide bonds. The molecule has 19 heavy (non-hydrogen) atoms. The Morgan fingerprint density at radius 3 is 2.47 bits per heavy atom. The molecule has 0 unspecified atom stereocenters. The summed E-state index contributed by atoms with van der Waals surface area (Å²) in [5.74, 6) is 0. The van der Waals surface area contributed by atoms with E-state index >= 15 is 0 Å². The third-order valence-corrected chi connectivity index (χ3v) is 2.70. The summed E-state index contributed by atoms with van der Waals surface area (Å²) in [6.45, 7) is 3.36. The molecule has 0 aliphatic heterocycles. The van der Waals surface area contributed by atoms with Crippen LogP contribution in [-0.2, 0) is 12.7 Å². The van der Waals surface area contributed by atoms with Crippen LogP contribution in [0.2, 0.25) is 0 Å². The normalized spacial score (nSPS) is 11.9. The topological polar surface area (TPSA) is 80.5 Å². The molecule has 8 heteroatoms. The Balaban J connectivity index is 2.62. The van der Waals surface area contributed by atoms with Gasteiger partial charge < -0.3 is 5.73 Å². The van der Waals surface area contributed by atoms with Crippen LogP contribution in [0.15, 0.2) is 6.07 Å². The van der Waals surface area contributed by atoms with Gasteiger partial charge in [0.05, 0.1) is 17.0 Å². The van der Waals surface area contributed by atoms with E-state index < -0.39 is 11.9 Å². The Hall–Kier alpha value is -1.96. The highest BCUT2D eigenvalue weighted by molar-refractivity contribution is 5.68. The maximum atomic E-state index is 12.9. The smallest absolute Gasteiger partial charge is 0.325 e. The lowest BCUT2D eigenvalue weighted by molar-refractivity contribution is -0.140. The first-order valence-corrected chi connectivity index (χ1v) is 5.50. The summed E-state index contributed by atoms with van der Waals surface area (Å²) in [5, 5.41) is 13.3. The fraction of sp³-hybridized carbons (Fsp3) is 0.364. The predicted molar refractivity (Wildman–Crippen MR) is 62.0 cm³/mol. The summed E-state index contributed by atoms with van der Waals surface area (Å²) in [6.07, 6.45) is -4.54. The van der Waals surface area contributed by atoms with Gasteiger partial charge in [0.15, 0.2) is 5.69 Å². The number of hydrogen-bond donors (Lipinski definition) is 2. The highest BCUT2D eigenvalue weighted by atomic mass is 19.4. The molecule has 2 aromatic heterocycles. The van der Waals surface area contributed by atoms with E-state index in [4.69, 9.17) is 5.73 Å². The molecule has 2 heterocycles. The third-order valence-electron chi connectivity index (χ3n) is 2.70. The third kappa shape index (κ3) is 2.43. The van der Waals surface area contributed by atoms with Crippen LogP contribution in [0.4, 0.5) is 13.2 Å². The fourth-order valence-corrected chi connectivity index (χ4v) is 1.81. The molecule has 0 aliphatic rings. The van der Waals surface area contributed by atoms with Crippen molar-refractivity contribution < 1.29 is 13.2 Å². The molecule has 102 valence electrons. The maximum Gasteiger partial charge on any atom is 0.435 e. The second-order valence-electron chi connectivity index (χ2n) is 4.14. The summed E-state index contributed by atoms with van der Waals surface area (Å²) in [7, 11) is 0. The van der Waals surface area contributed by atoms with Gasteiger partial charge in [0, 0.05) is 12.2 Å². The van der Waals surface area contributed by atoms with Crippen LogP contribution in [0.1, 0.15) is 22.6 Å². The number of aryl methyl sites for hydroxylation is 2. The highest BCUT2D eigenvalue weighted by Gasteiger charge is 2.38. The van der Waals surface area contributed by atoms with Gasteiger partial charge in [-0.25, -0.2) is 0 Å². The van der Waals surface area contributed by atoms with Gasteiger partial charge in [0.25, 0.3) is 0 Å². The van der Waals surface area contributed by atoms with Gasteiger partial charge in [-0.05, 0) is 25.5 Å². The number of aromatic amines is 1. The zero-order chi connectivity index (χ0) is 14.2. The number of rotatable bonds is 2. The second kappa shape index (κ2) is 4.61. The molecule has 0 spiro atoms. The largest absolute Gasteiger partial charge is 0.435 e. The lowest BCUT2D eigenvalue weighted by Crippen LogP contribution is -2.09. The van der Waals surface area contributed by atoms with Crippen molar-refractivity contribution in [1.82, 2.24) is 20.4 Å². The minimum atomic E-state index is -4.54. The van der Waals surface area contributed by atoms with Crippen LogP contribution in [0.3, 0.4) is 0 Å². The average Bonchev–Trinajstić information content (AvgIpc) is 2.71. The molecule has 0 radical (unpaired) electrons. The molecule has 0 saturated heterocycles. The molecule has 2 aromatic rings. The van der Waals surface area contributed by atoms with Gasteiger partial charge in [-0.1, -0.05) is 0 Å². The van der Waals surface area contributed by atoms with Crippen LogP contribution >= 0.6 is 0 Å². The van der Waals surface area contributed by atoms with Crippen LogP contribution < -0.4 is 5.73 Å². The van der Waals surface area contributed by atoms with Crippen LogP contribution in [-0.4, -0.2) is 20.4 Å². The van der Waals surface area contributed by atoms with E-state index in [1.807, 2.05) is 0 Å².